The molecule has 1 unspecified atom stereocenters. The maximum Gasteiger partial charge on any atom is 0.186 e. The minimum absolute atomic E-state index is 0.327. The molecule has 0 fully saturated rings. The van der Waals surface area contributed by atoms with Crippen molar-refractivity contribution in [1.82, 2.24) is 9.97 Å². The average molecular weight is 196 g/mol. The molecule has 1 heterocycles. The monoisotopic (exact) mass is 196 g/mol. The van der Waals surface area contributed by atoms with Gasteiger partial charge in [0.15, 0.2) is 11.6 Å². The molecule has 14 heavy (non-hydrogen) atoms. The van der Waals surface area contributed by atoms with Crippen molar-refractivity contribution in [2.75, 3.05) is 12.5 Å². The summed E-state index contributed by atoms with van der Waals surface area (Å²) in [6, 6.07) is 0. The first kappa shape index (κ1) is 10.7. The topological polar surface area (TPSA) is 73.1 Å². The van der Waals surface area contributed by atoms with Gasteiger partial charge in [-0.3, -0.25) is 0 Å². The maximum atomic E-state index is 5.32. The van der Waals surface area contributed by atoms with E-state index < -0.39 is 0 Å². The molecule has 1 aromatic heterocycles. The van der Waals surface area contributed by atoms with Gasteiger partial charge in [0.1, 0.15) is 5.82 Å². The molecule has 1 rings (SSSR count). The van der Waals surface area contributed by atoms with Gasteiger partial charge in [0.05, 0.1) is 13.3 Å². The molecular weight excluding hydrogens is 180 g/mol. The van der Waals surface area contributed by atoms with E-state index in [1.165, 1.54) is 0 Å². The Morgan fingerprint density at radius 3 is 2.86 bits per heavy atom. The molecule has 0 amide bonds. The largest absolute Gasteiger partial charge is 0.491 e. The van der Waals surface area contributed by atoms with Crippen molar-refractivity contribution in [3.8, 4) is 5.75 Å². The lowest BCUT2D eigenvalue weighted by Crippen LogP contribution is -2.12. The SMILES string of the molecule is CCC(C)c1ncc(OC)c(NN)n1. The number of nitrogens with zero attached hydrogens (tertiary/aromatic N) is 2. The van der Waals surface area contributed by atoms with Gasteiger partial charge in [-0.1, -0.05) is 13.8 Å². The third kappa shape index (κ3) is 2.11. The number of hydrogen-bond acceptors (Lipinski definition) is 5. The zero-order chi connectivity index (χ0) is 10.6. The Labute approximate surface area is 83.7 Å². The Morgan fingerprint density at radius 2 is 2.36 bits per heavy atom. The van der Waals surface area contributed by atoms with Crippen LogP contribution >= 0.6 is 0 Å². The highest BCUT2D eigenvalue weighted by molar-refractivity contribution is 5.47. The highest BCUT2D eigenvalue weighted by Crippen LogP contribution is 2.22. The molecule has 0 aromatic carbocycles. The fraction of sp³-hybridized carbons (Fsp3) is 0.556. The highest BCUT2D eigenvalue weighted by atomic mass is 16.5. The van der Waals surface area contributed by atoms with Crippen LogP contribution < -0.4 is 16.0 Å². The summed E-state index contributed by atoms with van der Waals surface area (Å²) in [6.07, 6.45) is 2.63. The molecule has 78 valence electrons. The van der Waals surface area contributed by atoms with Gasteiger partial charge in [0.2, 0.25) is 0 Å². The second-order valence-corrected chi connectivity index (χ2v) is 3.10. The Bertz CT molecular complexity index is 303. The lowest BCUT2D eigenvalue weighted by Gasteiger charge is -2.11. The number of nitrogens with one attached hydrogen (secondary N) is 1. The third-order valence-electron chi connectivity index (χ3n) is 2.18. The number of nitrogen functional groups attached to an aromatic ring is 1. The Hall–Kier alpha value is -1.36. The van der Waals surface area contributed by atoms with Crippen LogP contribution in [-0.2, 0) is 0 Å². The molecule has 1 aromatic rings. The summed E-state index contributed by atoms with van der Waals surface area (Å²) in [5.41, 5.74) is 2.49. The van der Waals surface area contributed by atoms with Crippen LogP contribution in [0.5, 0.6) is 5.75 Å². The van der Waals surface area contributed by atoms with Gasteiger partial charge in [-0.25, -0.2) is 15.8 Å². The fourth-order valence-electron chi connectivity index (χ4n) is 1.06. The molecule has 5 nitrogen and oxygen atoms in total. The molecule has 1 atom stereocenters. The van der Waals surface area contributed by atoms with Gasteiger partial charge >= 0.3 is 0 Å². The van der Waals surface area contributed by atoms with Gasteiger partial charge in [-0.05, 0) is 6.42 Å². The lowest BCUT2D eigenvalue weighted by atomic mass is 10.1. The van der Waals surface area contributed by atoms with Crippen LogP contribution in [0.25, 0.3) is 0 Å². The van der Waals surface area contributed by atoms with Crippen molar-refractivity contribution in [1.29, 1.82) is 0 Å². The summed E-state index contributed by atoms with van der Waals surface area (Å²) < 4.78 is 5.04. The summed E-state index contributed by atoms with van der Waals surface area (Å²) in [4.78, 5) is 8.46. The average Bonchev–Trinajstić information content (AvgIpc) is 2.26. The molecule has 0 radical (unpaired) electrons. The van der Waals surface area contributed by atoms with Crippen molar-refractivity contribution >= 4 is 5.82 Å². The smallest absolute Gasteiger partial charge is 0.186 e. The Morgan fingerprint density at radius 1 is 1.64 bits per heavy atom. The number of nitrogens with two attached hydrogens (primary N) is 1. The van der Waals surface area contributed by atoms with Crippen molar-refractivity contribution in [3.05, 3.63) is 12.0 Å². The number of ether oxygens (including phenoxy) is 1. The molecular formula is C9H16N4O. The zero-order valence-corrected chi connectivity index (χ0v) is 8.74. The summed E-state index contributed by atoms with van der Waals surface area (Å²) in [5.74, 6) is 7.50. The molecule has 0 bridgehead atoms. The van der Waals surface area contributed by atoms with Crippen molar-refractivity contribution in [2.24, 2.45) is 5.84 Å². The van der Waals surface area contributed by atoms with Crippen molar-refractivity contribution in [2.45, 2.75) is 26.2 Å². The van der Waals surface area contributed by atoms with E-state index in [9.17, 15) is 0 Å². The van der Waals surface area contributed by atoms with Gasteiger partial charge < -0.3 is 10.2 Å². The number of hydrazine groups is 1. The maximum absolute atomic E-state index is 5.32. The summed E-state index contributed by atoms with van der Waals surface area (Å²) >= 11 is 0. The van der Waals surface area contributed by atoms with Crippen LogP contribution in [0.15, 0.2) is 6.20 Å². The first-order chi connectivity index (χ1) is 6.72. The summed E-state index contributed by atoms with van der Waals surface area (Å²) in [7, 11) is 1.56. The third-order valence-corrected chi connectivity index (χ3v) is 2.18. The molecule has 5 heteroatoms. The molecule has 0 spiro atoms. The summed E-state index contributed by atoms with van der Waals surface area (Å²) in [5, 5.41) is 0. The molecule has 0 aliphatic rings. The minimum Gasteiger partial charge on any atom is -0.491 e. The fourth-order valence-corrected chi connectivity index (χ4v) is 1.06. The van der Waals surface area contributed by atoms with Crippen molar-refractivity contribution in [3.63, 3.8) is 0 Å². The van der Waals surface area contributed by atoms with E-state index in [4.69, 9.17) is 10.6 Å². The summed E-state index contributed by atoms with van der Waals surface area (Å²) in [6.45, 7) is 4.16. The zero-order valence-electron chi connectivity index (χ0n) is 8.74. The predicted octanol–water partition coefficient (Wildman–Crippen LogP) is 1.28. The van der Waals surface area contributed by atoms with Gasteiger partial charge in [-0.2, -0.15) is 0 Å². The Kier molecular flexibility index (Phi) is 3.64. The van der Waals surface area contributed by atoms with E-state index in [1.54, 1.807) is 13.3 Å². The quantitative estimate of drug-likeness (QED) is 0.560. The van der Waals surface area contributed by atoms with Gasteiger partial charge in [-0.15, -0.1) is 0 Å². The number of anilines is 1. The van der Waals surface area contributed by atoms with E-state index in [1.807, 2.05) is 0 Å². The minimum atomic E-state index is 0.327. The van der Waals surface area contributed by atoms with Crippen LogP contribution in [-0.4, -0.2) is 17.1 Å². The number of hydrogen-bond donors (Lipinski definition) is 2. The number of methoxy groups -OCH3 is 1. The highest BCUT2D eigenvalue weighted by Gasteiger charge is 2.10. The normalized spacial score (nSPS) is 12.3. The van der Waals surface area contributed by atoms with Gasteiger partial charge in [0, 0.05) is 5.92 Å². The molecule has 0 saturated carbocycles. The predicted molar refractivity (Wildman–Crippen MR) is 55.1 cm³/mol. The second kappa shape index (κ2) is 4.76. The first-order valence-electron chi connectivity index (χ1n) is 4.60. The molecule has 0 aliphatic carbocycles. The molecule has 3 N–H and O–H groups in total. The lowest BCUT2D eigenvalue weighted by molar-refractivity contribution is 0.411. The van der Waals surface area contributed by atoms with Crippen LogP contribution in [0.2, 0.25) is 0 Å². The van der Waals surface area contributed by atoms with Crippen LogP contribution in [0.1, 0.15) is 32.0 Å². The van der Waals surface area contributed by atoms with Crippen LogP contribution in [0.4, 0.5) is 5.82 Å². The van der Waals surface area contributed by atoms with Crippen LogP contribution in [0.3, 0.4) is 0 Å². The second-order valence-electron chi connectivity index (χ2n) is 3.10. The van der Waals surface area contributed by atoms with Crippen LogP contribution in [0, 0.1) is 0 Å². The van der Waals surface area contributed by atoms with E-state index in [2.05, 4.69) is 29.2 Å². The van der Waals surface area contributed by atoms with Gasteiger partial charge in [0.25, 0.3) is 0 Å². The van der Waals surface area contributed by atoms with E-state index in [-0.39, 0.29) is 0 Å². The number of aromatic nitrogens is 2. The van der Waals surface area contributed by atoms with E-state index in [0.717, 1.165) is 12.2 Å². The molecule has 0 saturated heterocycles. The standard InChI is InChI=1S/C9H16N4O/c1-4-6(2)8-11-5-7(14-3)9(12-8)13-10/h5-6H,4,10H2,1-3H3,(H,11,12,13). The first-order valence-corrected chi connectivity index (χ1v) is 4.60. The number of rotatable bonds is 4. The Balaban J connectivity index is 3.01. The molecule has 0 aliphatic heterocycles. The van der Waals surface area contributed by atoms with E-state index >= 15 is 0 Å². The van der Waals surface area contributed by atoms with Crippen molar-refractivity contribution < 1.29 is 4.74 Å². The van der Waals surface area contributed by atoms with E-state index in [0.29, 0.717) is 17.5 Å².